The van der Waals surface area contributed by atoms with E-state index in [0.717, 1.165) is 18.2 Å². The van der Waals surface area contributed by atoms with Gasteiger partial charge in [-0.1, -0.05) is 34.8 Å². The molecule has 0 heterocycles. The summed E-state index contributed by atoms with van der Waals surface area (Å²) in [4.78, 5) is 12.1. The first-order valence-electron chi connectivity index (χ1n) is 5.81. The van der Waals surface area contributed by atoms with Crippen molar-refractivity contribution in [2.45, 2.75) is 6.18 Å². The molecule has 0 aliphatic carbocycles. The second-order valence-corrected chi connectivity index (χ2v) is 5.52. The lowest BCUT2D eigenvalue weighted by molar-refractivity contribution is -0.137. The summed E-state index contributed by atoms with van der Waals surface area (Å²) in [6, 6.07) is 6.89. The third kappa shape index (κ3) is 3.85. The van der Waals surface area contributed by atoms with Crippen LogP contribution in [0.15, 0.2) is 36.4 Å². The monoisotopic (exact) mass is 367 g/mol. The molecule has 2 rings (SSSR count). The van der Waals surface area contributed by atoms with Gasteiger partial charge in [-0.05, 0) is 36.4 Å². The Hall–Kier alpha value is -1.43. The molecule has 22 heavy (non-hydrogen) atoms. The van der Waals surface area contributed by atoms with Gasteiger partial charge in [0, 0.05) is 5.02 Å². The molecule has 0 spiro atoms. The number of nitrogens with one attached hydrogen (secondary N) is 1. The molecule has 0 fully saturated rings. The van der Waals surface area contributed by atoms with Crippen LogP contribution in [0.2, 0.25) is 15.1 Å². The Balaban J connectivity index is 2.25. The van der Waals surface area contributed by atoms with Crippen molar-refractivity contribution < 1.29 is 18.0 Å². The summed E-state index contributed by atoms with van der Waals surface area (Å²) in [7, 11) is 0. The lowest BCUT2D eigenvalue weighted by atomic mass is 10.1. The predicted octanol–water partition coefficient (Wildman–Crippen LogP) is 5.92. The highest BCUT2D eigenvalue weighted by atomic mass is 35.5. The Labute approximate surface area is 138 Å². The van der Waals surface area contributed by atoms with E-state index in [-0.39, 0.29) is 21.3 Å². The molecule has 1 N–H and O–H groups in total. The molecule has 0 unspecified atom stereocenters. The molecule has 0 saturated carbocycles. The zero-order valence-corrected chi connectivity index (χ0v) is 12.9. The molecule has 1 amide bonds. The van der Waals surface area contributed by atoms with E-state index < -0.39 is 17.6 Å². The van der Waals surface area contributed by atoms with Gasteiger partial charge in [0.05, 0.1) is 26.9 Å². The minimum Gasteiger partial charge on any atom is -0.321 e. The van der Waals surface area contributed by atoms with Crippen LogP contribution in [0.5, 0.6) is 0 Å². The summed E-state index contributed by atoms with van der Waals surface area (Å²) in [6.45, 7) is 0. The van der Waals surface area contributed by atoms with E-state index in [9.17, 15) is 18.0 Å². The van der Waals surface area contributed by atoms with Crippen molar-refractivity contribution in [1.29, 1.82) is 0 Å². The van der Waals surface area contributed by atoms with Gasteiger partial charge in [0.15, 0.2) is 0 Å². The van der Waals surface area contributed by atoms with E-state index in [1.54, 1.807) is 0 Å². The Bertz CT molecular complexity index is 732. The van der Waals surface area contributed by atoms with Crippen LogP contribution in [0.25, 0.3) is 0 Å². The molecule has 116 valence electrons. The number of amides is 1. The number of benzene rings is 2. The van der Waals surface area contributed by atoms with Crippen molar-refractivity contribution in [3.05, 3.63) is 62.6 Å². The van der Waals surface area contributed by atoms with E-state index in [4.69, 9.17) is 34.8 Å². The molecule has 0 atom stereocenters. The normalized spacial score (nSPS) is 11.4. The second-order valence-electron chi connectivity index (χ2n) is 4.27. The Morgan fingerprint density at radius 1 is 0.955 bits per heavy atom. The van der Waals surface area contributed by atoms with Gasteiger partial charge in [-0.25, -0.2) is 0 Å². The maximum Gasteiger partial charge on any atom is 0.416 e. The SMILES string of the molecule is O=C(Nc1ccc(C(F)(F)F)cc1Cl)c1ccc(Cl)cc1Cl. The summed E-state index contributed by atoms with van der Waals surface area (Å²) in [5.74, 6) is -0.608. The standard InChI is InChI=1S/C14H7Cl3F3NO/c15-8-2-3-9(10(16)6-8)13(22)21-12-4-1-7(5-11(12)17)14(18,19)20/h1-6H,(H,21,22). The van der Waals surface area contributed by atoms with Gasteiger partial charge in [0.25, 0.3) is 5.91 Å². The minimum atomic E-state index is -4.51. The van der Waals surface area contributed by atoms with Gasteiger partial charge < -0.3 is 5.32 Å². The van der Waals surface area contributed by atoms with Crippen LogP contribution in [0.1, 0.15) is 15.9 Å². The number of anilines is 1. The summed E-state index contributed by atoms with van der Waals surface area (Å²) in [6.07, 6.45) is -4.51. The summed E-state index contributed by atoms with van der Waals surface area (Å²) >= 11 is 17.4. The average Bonchev–Trinajstić information content (AvgIpc) is 2.39. The van der Waals surface area contributed by atoms with Crippen LogP contribution in [-0.4, -0.2) is 5.91 Å². The van der Waals surface area contributed by atoms with Crippen molar-refractivity contribution in [3.63, 3.8) is 0 Å². The first-order valence-corrected chi connectivity index (χ1v) is 6.95. The number of halogens is 6. The van der Waals surface area contributed by atoms with Crippen molar-refractivity contribution in [3.8, 4) is 0 Å². The zero-order chi connectivity index (χ0) is 16.5. The Morgan fingerprint density at radius 3 is 2.18 bits per heavy atom. The largest absolute Gasteiger partial charge is 0.416 e. The lowest BCUT2D eigenvalue weighted by Crippen LogP contribution is -2.13. The molecule has 0 aliphatic heterocycles. The Kier molecular flexibility index (Phi) is 4.90. The third-order valence-corrected chi connectivity index (χ3v) is 3.58. The number of hydrogen-bond acceptors (Lipinski definition) is 1. The molecular formula is C14H7Cl3F3NO. The highest BCUT2D eigenvalue weighted by Crippen LogP contribution is 2.34. The summed E-state index contributed by atoms with van der Waals surface area (Å²) in [5, 5.41) is 2.65. The van der Waals surface area contributed by atoms with Gasteiger partial charge in [-0.2, -0.15) is 13.2 Å². The van der Waals surface area contributed by atoms with Crippen LogP contribution in [0.3, 0.4) is 0 Å². The maximum absolute atomic E-state index is 12.5. The van der Waals surface area contributed by atoms with Crippen LogP contribution >= 0.6 is 34.8 Å². The third-order valence-electron chi connectivity index (χ3n) is 2.72. The first kappa shape index (κ1) is 16.9. The van der Waals surface area contributed by atoms with Gasteiger partial charge in [0.1, 0.15) is 0 Å². The maximum atomic E-state index is 12.5. The lowest BCUT2D eigenvalue weighted by Gasteiger charge is -2.11. The van der Waals surface area contributed by atoms with E-state index in [1.807, 2.05) is 0 Å². The fourth-order valence-corrected chi connectivity index (χ4v) is 2.38. The van der Waals surface area contributed by atoms with E-state index >= 15 is 0 Å². The fourth-order valence-electron chi connectivity index (χ4n) is 1.66. The smallest absolute Gasteiger partial charge is 0.321 e. The van der Waals surface area contributed by atoms with Crippen LogP contribution in [0.4, 0.5) is 18.9 Å². The number of carbonyl (C=O) groups is 1. The molecule has 0 bridgehead atoms. The van der Waals surface area contributed by atoms with Gasteiger partial charge >= 0.3 is 6.18 Å². The topological polar surface area (TPSA) is 29.1 Å². The van der Waals surface area contributed by atoms with Crippen molar-refractivity contribution in [1.82, 2.24) is 0 Å². The zero-order valence-electron chi connectivity index (χ0n) is 10.6. The quantitative estimate of drug-likeness (QED) is 0.700. The highest BCUT2D eigenvalue weighted by Gasteiger charge is 2.31. The van der Waals surface area contributed by atoms with Crippen LogP contribution in [-0.2, 0) is 6.18 Å². The number of rotatable bonds is 2. The predicted molar refractivity (Wildman–Crippen MR) is 80.9 cm³/mol. The van der Waals surface area contributed by atoms with E-state index in [0.29, 0.717) is 5.02 Å². The molecule has 2 aromatic rings. The molecule has 2 aromatic carbocycles. The molecular weight excluding hydrogens is 362 g/mol. The molecule has 8 heteroatoms. The van der Waals surface area contributed by atoms with Crippen LogP contribution < -0.4 is 5.32 Å². The minimum absolute atomic E-state index is 0.0469. The first-order chi connectivity index (χ1) is 10.2. The highest BCUT2D eigenvalue weighted by molar-refractivity contribution is 6.37. The van der Waals surface area contributed by atoms with E-state index in [2.05, 4.69) is 5.32 Å². The van der Waals surface area contributed by atoms with E-state index in [1.165, 1.54) is 18.2 Å². The Morgan fingerprint density at radius 2 is 1.64 bits per heavy atom. The molecule has 0 aliphatic rings. The molecule has 0 radical (unpaired) electrons. The number of hydrogen-bond donors (Lipinski definition) is 1. The van der Waals surface area contributed by atoms with Crippen molar-refractivity contribution in [2.24, 2.45) is 0 Å². The molecule has 0 aromatic heterocycles. The van der Waals surface area contributed by atoms with Gasteiger partial charge in [-0.3, -0.25) is 4.79 Å². The van der Waals surface area contributed by atoms with Gasteiger partial charge in [0.2, 0.25) is 0 Å². The summed E-state index contributed by atoms with van der Waals surface area (Å²) < 4.78 is 37.6. The molecule has 2 nitrogen and oxygen atoms in total. The summed E-state index contributed by atoms with van der Waals surface area (Å²) in [5.41, 5.74) is -0.729. The second kappa shape index (κ2) is 6.36. The molecule has 0 saturated heterocycles. The van der Waals surface area contributed by atoms with Gasteiger partial charge in [-0.15, -0.1) is 0 Å². The fraction of sp³-hybridized carbons (Fsp3) is 0.0714. The average molecular weight is 369 g/mol. The van der Waals surface area contributed by atoms with Crippen LogP contribution in [0, 0.1) is 0 Å². The number of carbonyl (C=O) groups excluding carboxylic acids is 1. The van der Waals surface area contributed by atoms with Crippen molar-refractivity contribution in [2.75, 3.05) is 5.32 Å². The number of alkyl halides is 3. The van der Waals surface area contributed by atoms with Crippen molar-refractivity contribution >= 4 is 46.4 Å².